The molecule has 1 amide bonds. The maximum Gasteiger partial charge on any atom is 0.230 e. The summed E-state index contributed by atoms with van der Waals surface area (Å²) in [5, 5.41) is 6.34. The zero-order chi connectivity index (χ0) is 20.1. The third kappa shape index (κ3) is 5.47. The highest BCUT2D eigenvalue weighted by atomic mass is 35.5. The molecular weight excluding hydrogens is 394 g/mol. The summed E-state index contributed by atoms with van der Waals surface area (Å²) in [6.45, 7) is 2.34. The van der Waals surface area contributed by atoms with Crippen molar-refractivity contribution < 1.29 is 9.53 Å². The van der Waals surface area contributed by atoms with Crippen LogP contribution in [0.5, 0.6) is 5.75 Å². The molecule has 5 nitrogen and oxygen atoms in total. The van der Waals surface area contributed by atoms with Gasteiger partial charge in [-0.2, -0.15) is 0 Å². The van der Waals surface area contributed by atoms with Gasteiger partial charge in [0.05, 0.1) is 12.1 Å². The topological polar surface area (TPSA) is 54.5 Å². The average Bonchev–Trinajstić information content (AvgIpc) is 3.10. The van der Waals surface area contributed by atoms with Crippen LogP contribution in [0, 0.1) is 6.92 Å². The van der Waals surface area contributed by atoms with E-state index in [1.165, 1.54) is 11.3 Å². The molecule has 7 heteroatoms. The van der Waals surface area contributed by atoms with Gasteiger partial charge in [-0.1, -0.05) is 11.6 Å². The molecule has 0 bridgehead atoms. The molecule has 28 heavy (non-hydrogen) atoms. The monoisotopic (exact) mass is 415 g/mol. The number of rotatable bonds is 7. The van der Waals surface area contributed by atoms with Crippen molar-refractivity contribution in [2.45, 2.75) is 20.0 Å². The number of hydrogen-bond donors (Lipinski definition) is 1. The predicted molar refractivity (Wildman–Crippen MR) is 116 cm³/mol. The van der Waals surface area contributed by atoms with E-state index in [-0.39, 0.29) is 12.3 Å². The van der Waals surface area contributed by atoms with Crippen molar-refractivity contribution in [3.8, 4) is 5.75 Å². The molecule has 0 radical (unpaired) electrons. The molecule has 0 fully saturated rings. The second-order valence-corrected chi connectivity index (χ2v) is 7.97. The Bertz CT molecular complexity index is 955. The fraction of sp³-hybridized carbons (Fsp3) is 0.238. The SMILES string of the molecule is Cc1cc(N(C)C)ccc1NC(=O)Cc1csc(COc2ccc(Cl)cc2)n1. The first-order chi connectivity index (χ1) is 13.4. The number of carbonyl (C=O) groups is 1. The number of aryl methyl sites for hydroxylation is 1. The minimum absolute atomic E-state index is 0.0869. The van der Waals surface area contributed by atoms with Crippen molar-refractivity contribution in [1.82, 2.24) is 4.98 Å². The Labute approximate surface area is 173 Å². The van der Waals surface area contributed by atoms with Crippen LogP contribution in [0.4, 0.5) is 11.4 Å². The highest BCUT2D eigenvalue weighted by Gasteiger charge is 2.10. The zero-order valence-electron chi connectivity index (χ0n) is 16.0. The Morgan fingerprint density at radius 2 is 1.96 bits per heavy atom. The fourth-order valence-electron chi connectivity index (χ4n) is 2.60. The maximum atomic E-state index is 12.4. The van der Waals surface area contributed by atoms with Gasteiger partial charge in [-0.25, -0.2) is 4.98 Å². The van der Waals surface area contributed by atoms with E-state index >= 15 is 0 Å². The molecule has 0 aliphatic heterocycles. The predicted octanol–water partition coefficient (Wildman–Crippen LogP) is 4.93. The molecule has 0 spiro atoms. The molecule has 0 saturated heterocycles. The van der Waals surface area contributed by atoms with Crippen LogP contribution in [0.1, 0.15) is 16.3 Å². The first-order valence-corrected chi connectivity index (χ1v) is 10.1. The van der Waals surface area contributed by atoms with Gasteiger partial charge >= 0.3 is 0 Å². The van der Waals surface area contributed by atoms with E-state index in [1.54, 1.807) is 12.1 Å². The summed E-state index contributed by atoms with van der Waals surface area (Å²) in [4.78, 5) is 18.9. The number of amides is 1. The fourth-order valence-corrected chi connectivity index (χ4v) is 3.43. The van der Waals surface area contributed by atoms with E-state index in [1.807, 2.05) is 61.6 Å². The number of aromatic nitrogens is 1. The molecule has 3 aromatic rings. The molecule has 1 heterocycles. The molecule has 1 N–H and O–H groups in total. The lowest BCUT2D eigenvalue weighted by Crippen LogP contribution is -2.16. The van der Waals surface area contributed by atoms with Crippen LogP contribution in [0.25, 0.3) is 0 Å². The van der Waals surface area contributed by atoms with Gasteiger partial charge in [0, 0.05) is 35.9 Å². The van der Waals surface area contributed by atoms with Gasteiger partial charge < -0.3 is 15.0 Å². The van der Waals surface area contributed by atoms with Crippen molar-refractivity contribution in [3.05, 3.63) is 69.1 Å². The quantitative estimate of drug-likeness (QED) is 0.594. The van der Waals surface area contributed by atoms with E-state index in [0.29, 0.717) is 11.6 Å². The number of thiazole rings is 1. The number of halogens is 1. The summed E-state index contributed by atoms with van der Waals surface area (Å²) in [6.07, 6.45) is 0.228. The number of benzene rings is 2. The Hall–Kier alpha value is -2.57. The normalized spacial score (nSPS) is 10.6. The smallest absolute Gasteiger partial charge is 0.230 e. The number of nitrogens with one attached hydrogen (secondary N) is 1. The summed E-state index contributed by atoms with van der Waals surface area (Å²) in [5.41, 5.74) is 3.67. The summed E-state index contributed by atoms with van der Waals surface area (Å²) >= 11 is 7.34. The Balaban J connectivity index is 1.54. The van der Waals surface area contributed by atoms with Gasteiger partial charge in [0.15, 0.2) is 0 Å². The Morgan fingerprint density at radius 1 is 1.21 bits per heavy atom. The van der Waals surface area contributed by atoms with E-state index in [9.17, 15) is 4.79 Å². The average molecular weight is 416 g/mol. The van der Waals surface area contributed by atoms with Gasteiger partial charge in [0.1, 0.15) is 17.4 Å². The van der Waals surface area contributed by atoms with Crippen molar-refractivity contribution in [2.75, 3.05) is 24.3 Å². The van der Waals surface area contributed by atoms with Gasteiger partial charge in [0.2, 0.25) is 5.91 Å². The second kappa shape index (κ2) is 9.08. The Morgan fingerprint density at radius 3 is 2.64 bits per heavy atom. The van der Waals surface area contributed by atoms with Crippen LogP contribution in [0.3, 0.4) is 0 Å². The van der Waals surface area contributed by atoms with Crippen LogP contribution < -0.4 is 15.0 Å². The minimum Gasteiger partial charge on any atom is -0.486 e. The van der Waals surface area contributed by atoms with Crippen molar-refractivity contribution >= 4 is 40.2 Å². The third-order valence-corrected chi connectivity index (χ3v) is 5.24. The van der Waals surface area contributed by atoms with E-state index < -0.39 is 0 Å². The van der Waals surface area contributed by atoms with Crippen LogP contribution >= 0.6 is 22.9 Å². The first kappa shape index (κ1) is 20.2. The summed E-state index contributed by atoms with van der Waals surface area (Å²) in [7, 11) is 3.98. The first-order valence-electron chi connectivity index (χ1n) is 8.80. The van der Waals surface area contributed by atoms with Gasteiger partial charge in [-0.3, -0.25) is 4.79 Å². The van der Waals surface area contributed by atoms with Gasteiger partial charge in [0.25, 0.3) is 0 Å². The number of carbonyl (C=O) groups excluding carboxylic acids is 1. The highest BCUT2D eigenvalue weighted by molar-refractivity contribution is 7.09. The van der Waals surface area contributed by atoms with Crippen LogP contribution in [-0.2, 0) is 17.8 Å². The molecule has 1 aromatic heterocycles. The summed E-state index contributed by atoms with van der Waals surface area (Å²) < 4.78 is 5.69. The van der Waals surface area contributed by atoms with E-state index in [4.69, 9.17) is 16.3 Å². The van der Waals surface area contributed by atoms with E-state index in [2.05, 4.69) is 10.3 Å². The molecule has 0 aliphatic rings. The minimum atomic E-state index is -0.0869. The van der Waals surface area contributed by atoms with Crippen LogP contribution in [0.2, 0.25) is 5.02 Å². The maximum absolute atomic E-state index is 12.4. The standard InChI is InChI=1S/C21H22ClN3O2S/c1-14-10-17(25(2)3)6-9-19(14)24-20(26)11-16-13-28-21(23-16)12-27-18-7-4-15(22)5-8-18/h4-10,13H,11-12H2,1-3H3,(H,24,26). The summed E-state index contributed by atoms with van der Waals surface area (Å²) in [5.74, 6) is 0.645. The highest BCUT2D eigenvalue weighted by Crippen LogP contribution is 2.22. The van der Waals surface area contributed by atoms with Gasteiger partial charge in [-0.05, 0) is 55.0 Å². The van der Waals surface area contributed by atoms with Crippen molar-refractivity contribution in [2.24, 2.45) is 0 Å². The number of nitrogens with zero attached hydrogens (tertiary/aromatic N) is 2. The van der Waals surface area contributed by atoms with Crippen molar-refractivity contribution in [3.63, 3.8) is 0 Å². The Kier molecular flexibility index (Phi) is 6.54. The lowest BCUT2D eigenvalue weighted by molar-refractivity contribution is -0.115. The van der Waals surface area contributed by atoms with Crippen molar-refractivity contribution in [1.29, 1.82) is 0 Å². The van der Waals surface area contributed by atoms with E-state index in [0.717, 1.165) is 33.4 Å². The molecule has 0 unspecified atom stereocenters. The molecule has 146 valence electrons. The molecule has 0 atom stereocenters. The number of ether oxygens (including phenoxy) is 1. The lowest BCUT2D eigenvalue weighted by atomic mass is 10.1. The van der Waals surface area contributed by atoms with Gasteiger partial charge in [-0.15, -0.1) is 11.3 Å². The third-order valence-electron chi connectivity index (χ3n) is 4.12. The zero-order valence-corrected chi connectivity index (χ0v) is 17.6. The molecule has 3 rings (SSSR count). The molecular formula is C21H22ClN3O2S. The number of hydrogen-bond acceptors (Lipinski definition) is 5. The summed E-state index contributed by atoms with van der Waals surface area (Å²) in [6, 6.07) is 13.1. The van der Waals surface area contributed by atoms with Crippen LogP contribution in [-0.4, -0.2) is 25.0 Å². The molecule has 2 aromatic carbocycles. The molecule has 0 aliphatic carbocycles. The lowest BCUT2D eigenvalue weighted by Gasteiger charge is -2.15. The largest absolute Gasteiger partial charge is 0.486 e. The number of anilines is 2. The second-order valence-electron chi connectivity index (χ2n) is 6.59. The van der Waals surface area contributed by atoms with Crippen LogP contribution in [0.15, 0.2) is 47.8 Å². The molecule has 0 saturated carbocycles.